The number of nitrogens with one attached hydrogen (secondary N) is 1. The topological polar surface area (TPSA) is 90.6 Å². The van der Waals surface area contributed by atoms with Crippen LogP contribution in [0.2, 0.25) is 5.02 Å². The van der Waals surface area contributed by atoms with Gasteiger partial charge in [-0.2, -0.15) is 0 Å². The number of fused-ring (bicyclic) bond motifs is 2. The van der Waals surface area contributed by atoms with Gasteiger partial charge >= 0.3 is 0 Å². The summed E-state index contributed by atoms with van der Waals surface area (Å²) in [6.45, 7) is 7.50. The third-order valence-electron chi connectivity index (χ3n) is 8.06. The quantitative estimate of drug-likeness (QED) is 0.196. The van der Waals surface area contributed by atoms with E-state index in [-0.39, 0.29) is 10.5 Å². The summed E-state index contributed by atoms with van der Waals surface area (Å²) in [6.07, 6.45) is 6.02. The molecule has 226 valence electrons. The van der Waals surface area contributed by atoms with Crippen LogP contribution in [-0.4, -0.2) is 73.3 Å². The summed E-state index contributed by atoms with van der Waals surface area (Å²) >= 11 is 6.55. The lowest BCUT2D eigenvalue weighted by Gasteiger charge is -2.15. The Morgan fingerprint density at radius 3 is 2.51 bits per heavy atom. The van der Waals surface area contributed by atoms with Crippen molar-refractivity contribution in [3.63, 3.8) is 0 Å². The van der Waals surface area contributed by atoms with Crippen molar-refractivity contribution in [2.45, 2.75) is 24.7 Å². The molecule has 0 atom stereocenters. The standard InChI is InChI=1S/C32H36ClN5O4S/c1-22-6-8-23(9-7-22)43(39,40)38-29(18-25-27(33)10-11-35-32(25)38)26-21-36(2)28-20-31(30(41-3)19-24(26)28)42-17-13-34-12-16-37-14-4-5-15-37/h6-11,18-21,34H,4-5,12-17H2,1-3H3. The first-order valence-corrected chi connectivity index (χ1v) is 16.3. The van der Waals surface area contributed by atoms with Gasteiger partial charge in [-0.15, -0.1) is 0 Å². The Balaban J connectivity index is 1.36. The fraction of sp³-hybridized carbons (Fsp3) is 0.344. The third-order valence-corrected chi connectivity index (χ3v) is 10.1. The molecule has 0 saturated carbocycles. The van der Waals surface area contributed by atoms with Crippen molar-refractivity contribution in [1.29, 1.82) is 0 Å². The number of aryl methyl sites for hydroxylation is 2. The van der Waals surface area contributed by atoms with Crippen LogP contribution in [0.3, 0.4) is 0 Å². The Morgan fingerprint density at radius 1 is 1.00 bits per heavy atom. The summed E-state index contributed by atoms with van der Waals surface area (Å²) in [4.78, 5) is 7.10. The molecule has 0 unspecified atom stereocenters. The summed E-state index contributed by atoms with van der Waals surface area (Å²) in [6, 6.07) is 14.1. The molecule has 1 N–H and O–H groups in total. The molecule has 0 bridgehead atoms. The predicted octanol–water partition coefficient (Wildman–Crippen LogP) is 5.47. The number of hydrogen-bond donors (Lipinski definition) is 1. The van der Waals surface area contributed by atoms with Gasteiger partial charge in [-0.05, 0) is 63.2 Å². The molecule has 1 aliphatic rings. The molecule has 0 spiro atoms. The number of pyridine rings is 1. The van der Waals surface area contributed by atoms with E-state index in [1.165, 1.54) is 36.1 Å². The lowest BCUT2D eigenvalue weighted by atomic mass is 10.1. The van der Waals surface area contributed by atoms with E-state index in [1.54, 1.807) is 43.5 Å². The molecule has 2 aromatic carbocycles. The molecular weight excluding hydrogens is 586 g/mol. The summed E-state index contributed by atoms with van der Waals surface area (Å²) in [5.41, 5.74) is 3.27. The minimum atomic E-state index is -4.02. The molecule has 0 radical (unpaired) electrons. The van der Waals surface area contributed by atoms with Gasteiger partial charge < -0.3 is 24.3 Å². The molecule has 1 saturated heterocycles. The Morgan fingerprint density at radius 2 is 1.77 bits per heavy atom. The third kappa shape index (κ3) is 5.72. The summed E-state index contributed by atoms with van der Waals surface area (Å²) in [5.74, 6) is 1.19. The number of likely N-dealkylation sites (tertiary alicyclic amines) is 1. The van der Waals surface area contributed by atoms with Crippen LogP contribution >= 0.6 is 11.6 Å². The van der Waals surface area contributed by atoms with Gasteiger partial charge in [0.25, 0.3) is 10.0 Å². The van der Waals surface area contributed by atoms with Gasteiger partial charge in [0, 0.05) is 61.5 Å². The molecule has 11 heteroatoms. The van der Waals surface area contributed by atoms with Crippen molar-refractivity contribution in [2.75, 3.05) is 46.4 Å². The van der Waals surface area contributed by atoms with Crippen LogP contribution in [0, 0.1) is 6.92 Å². The van der Waals surface area contributed by atoms with E-state index in [4.69, 9.17) is 21.1 Å². The van der Waals surface area contributed by atoms with Crippen LogP contribution < -0.4 is 14.8 Å². The zero-order chi connectivity index (χ0) is 30.1. The number of hydrogen-bond acceptors (Lipinski definition) is 7. The number of ether oxygens (including phenoxy) is 2. The normalized spacial score (nSPS) is 14.2. The van der Waals surface area contributed by atoms with E-state index >= 15 is 0 Å². The average molecular weight is 622 g/mol. The van der Waals surface area contributed by atoms with Crippen LogP contribution in [0.25, 0.3) is 33.2 Å². The lowest BCUT2D eigenvalue weighted by Crippen LogP contribution is -2.32. The van der Waals surface area contributed by atoms with Crippen molar-refractivity contribution < 1.29 is 17.9 Å². The first kappa shape index (κ1) is 29.5. The van der Waals surface area contributed by atoms with E-state index < -0.39 is 10.0 Å². The Labute approximate surface area is 257 Å². The van der Waals surface area contributed by atoms with Crippen molar-refractivity contribution in [1.82, 2.24) is 23.7 Å². The Kier molecular flexibility index (Phi) is 8.37. The fourth-order valence-electron chi connectivity index (χ4n) is 5.76. The number of methoxy groups -OCH3 is 1. The molecule has 5 aromatic rings. The van der Waals surface area contributed by atoms with Crippen LogP contribution in [0.15, 0.2) is 65.8 Å². The molecular formula is C32H36ClN5O4S. The smallest absolute Gasteiger partial charge is 0.269 e. The molecule has 0 aliphatic carbocycles. The van der Waals surface area contributed by atoms with Gasteiger partial charge in [0.2, 0.25) is 0 Å². The van der Waals surface area contributed by atoms with Crippen molar-refractivity contribution in [3.8, 4) is 22.8 Å². The van der Waals surface area contributed by atoms with Crippen LogP contribution in [-0.2, 0) is 17.1 Å². The van der Waals surface area contributed by atoms with Crippen LogP contribution in [0.4, 0.5) is 0 Å². The number of benzene rings is 2. The van der Waals surface area contributed by atoms with E-state index in [0.717, 1.165) is 36.1 Å². The van der Waals surface area contributed by atoms with E-state index in [9.17, 15) is 8.42 Å². The summed E-state index contributed by atoms with van der Waals surface area (Å²) < 4.78 is 43.4. The second-order valence-corrected chi connectivity index (χ2v) is 13.2. The molecule has 3 aromatic heterocycles. The highest BCUT2D eigenvalue weighted by Crippen LogP contribution is 2.41. The summed E-state index contributed by atoms with van der Waals surface area (Å²) in [7, 11) is -0.493. The van der Waals surface area contributed by atoms with Gasteiger partial charge in [-0.1, -0.05) is 29.3 Å². The van der Waals surface area contributed by atoms with E-state index in [2.05, 4.69) is 15.2 Å². The minimum Gasteiger partial charge on any atom is -0.493 e. The first-order valence-electron chi connectivity index (χ1n) is 14.5. The lowest BCUT2D eigenvalue weighted by molar-refractivity contribution is 0.285. The molecule has 9 nitrogen and oxygen atoms in total. The van der Waals surface area contributed by atoms with Crippen LogP contribution in [0.1, 0.15) is 18.4 Å². The molecule has 6 rings (SSSR count). The molecule has 1 fully saturated rings. The average Bonchev–Trinajstić information content (AvgIpc) is 3.73. The first-order chi connectivity index (χ1) is 20.8. The maximum Gasteiger partial charge on any atom is 0.269 e. The summed E-state index contributed by atoms with van der Waals surface area (Å²) in [5, 5.41) is 5.25. The van der Waals surface area contributed by atoms with Gasteiger partial charge in [0.15, 0.2) is 17.1 Å². The van der Waals surface area contributed by atoms with Crippen molar-refractivity contribution >= 4 is 43.6 Å². The molecule has 4 heterocycles. The monoisotopic (exact) mass is 621 g/mol. The highest BCUT2D eigenvalue weighted by Gasteiger charge is 2.28. The highest BCUT2D eigenvalue weighted by atomic mass is 35.5. The SMILES string of the molecule is COc1cc2c(-c3cc4c(Cl)ccnc4n3S(=O)(=O)c3ccc(C)cc3)cn(C)c2cc1OCCNCCN1CCCC1. The predicted molar refractivity (Wildman–Crippen MR) is 171 cm³/mol. The second-order valence-electron chi connectivity index (χ2n) is 11.0. The number of aromatic nitrogens is 3. The van der Waals surface area contributed by atoms with Crippen LogP contribution in [0.5, 0.6) is 11.5 Å². The van der Waals surface area contributed by atoms with Crippen molar-refractivity contribution in [3.05, 3.63) is 71.5 Å². The number of rotatable bonds is 11. The molecule has 1 aliphatic heterocycles. The fourth-order valence-corrected chi connectivity index (χ4v) is 7.43. The van der Waals surface area contributed by atoms with Gasteiger partial charge in [0.05, 0.1) is 28.2 Å². The zero-order valence-corrected chi connectivity index (χ0v) is 26.2. The maximum atomic E-state index is 14.1. The molecule has 43 heavy (non-hydrogen) atoms. The Bertz CT molecular complexity index is 1880. The van der Waals surface area contributed by atoms with Gasteiger partial charge in [-0.25, -0.2) is 17.4 Å². The molecule has 0 amide bonds. The highest BCUT2D eigenvalue weighted by molar-refractivity contribution is 7.90. The number of halogens is 1. The number of nitrogens with zero attached hydrogens (tertiary/aromatic N) is 4. The minimum absolute atomic E-state index is 0.168. The largest absolute Gasteiger partial charge is 0.493 e. The Hall–Kier alpha value is -3.57. The second kappa shape index (κ2) is 12.2. The van der Waals surface area contributed by atoms with Crippen molar-refractivity contribution in [2.24, 2.45) is 7.05 Å². The van der Waals surface area contributed by atoms with Gasteiger partial charge in [0.1, 0.15) is 6.61 Å². The maximum absolute atomic E-state index is 14.1. The van der Waals surface area contributed by atoms with E-state index in [1.807, 2.05) is 36.9 Å². The van der Waals surface area contributed by atoms with E-state index in [0.29, 0.717) is 39.8 Å². The zero-order valence-electron chi connectivity index (χ0n) is 24.6. The van der Waals surface area contributed by atoms with Gasteiger partial charge in [-0.3, -0.25) is 0 Å².